The van der Waals surface area contributed by atoms with Crippen LogP contribution in [0.15, 0.2) is 35.2 Å². The molecule has 1 atom stereocenters. The molecule has 0 aromatic heterocycles. The molecule has 0 saturated carbocycles. The molecule has 1 unspecified atom stereocenters. The van der Waals surface area contributed by atoms with Crippen molar-refractivity contribution in [2.45, 2.75) is 19.3 Å². The monoisotopic (exact) mass is 618 g/mol. The molecule has 3 rings (SSSR count). The van der Waals surface area contributed by atoms with E-state index in [9.17, 15) is 9.59 Å². The average Bonchev–Trinajstić information content (AvgIpc) is 3.12. The topological polar surface area (TPSA) is 95.1 Å². The lowest BCUT2D eigenvalue weighted by atomic mass is 10.2. The number of carbonyl (C=O) groups is 2. The van der Waals surface area contributed by atoms with Gasteiger partial charge in [-0.2, -0.15) is 0 Å². The largest absolute Gasteiger partial charge is 0.495 e. The van der Waals surface area contributed by atoms with Crippen molar-refractivity contribution >= 4 is 69.6 Å². The molecular weight excluding hydrogens is 595 g/mol. The Morgan fingerprint density at radius 2 is 2.00 bits per heavy atom. The van der Waals surface area contributed by atoms with Crippen molar-refractivity contribution in [1.29, 1.82) is 0 Å². The van der Waals surface area contributed by atoms with Gasteiger partial charge in [-0.15, -0.1) is 0 Å². The molecule has 0 spiro atoms. The summed E-state index contributed by atoms with van der Waals surface area (Å²) in [5.74, 6) is 0.881. The third-order valence-corrected chi connectivity index (χ3v) is 6.51. The third kappa shape index (κ3) is 6.86. The Morgan fingerprint density at radius 3 is 2.71 bits per heavy atom. The maximum Gasteiger partial charge on any atom is 0.344 e. The van der Waals surface area contributed by atoms with Gasteiger partial charge in [0.2, 0.25) is 0 Å². The third-order valence-electron chi connectivity index (χ3n) is 4.45. The number of halogens is 2. The molecule has 1 saturated heterocycles. The summed E-state index contributed by atoms with van der Waals surface area (Å²) >= 11 is 9.54. The van der Waals surface area contributed by atoms with Crippen molar-refractivity contribution in [1.82, 2.24) is 5.32 Å². The average molecular weight is 619 g/mol. The van der Waals surface area contributed by atoms with Crippen LogP contribution in [0.25, 0.3) is 6.08 Å². The van der Waals surface area contributed by atoms with Gasteiger partial charge in [0.15, 0.2) is 23.6 Å². The summed E-state index contributed by atoms with van der Waals surface area (Å²) in [5, 5.41) is 6.67. The number of hydrogen-bond acceptors (Lipinski definition) is 8. The van der Waals surface area contributed by atoms with Gasteiger partial charge < -0.3 is 29.6 Å². The van der Waals surface area contributed by atoms with E-state index >= 15 is 0 Å². The molecule has 8 nitrogen and oxygen atoms in total. The second-order valence-corrected chi connectivity index (χ2v) is 9.57. The molecule has 2 aromatic carbocycles. The van der Waals surface area contributed by atoms with Gasteiger partial charge in [-0.3, -0.25) is 4.79 Å². The van der Waals surface area contributed by atoms with E-state index in [4.69, 9.17) is 30.5 Å². The van der Waals surface area contributed by atoms with E-state index in [0.29, 0.717) is 39.5 Å². The smallest absolute Gasteiger partial charge is 0.344 e. The molecule has 0 radical (unpaired) electrons. The van der Waals surface area contributed by atoms with Crippen molar-refractivity contribution in [3.8, 4) is 17.2 Å². The Bertz CT molecular complexity index is 1100. The van der Waals surface area contributed by atoms with Crippen LogP contribution < -0.4 is 24.8 Å². The zero-order valence-corrected chi connectivity index (χ0v) is 22.5. The Labute approximate surface area is 220 Å². The number of anilines is 1. The second kappa shape index (κ2) is 12.4. The number of rotatable bonds is 10. The fraction of sp³-hybridized carbons (Fsp3) is 0.304. The lowest BCUT2D eigenvalue weighted by molar-refractivity contribution is -0.145. The van der Waals surface area contributed by atoms with Crippen LogP contribution in [0.2, 0.25) is 5.02 Å². The lowest BCUT2D eigenvalue weighted by Crippen LogP contribution is -2.31. The summed E-state index contributed by atoms with van der Waals surface area (Å²) in [6.45, 7) is 4.06. The first-order valence-electron chi connectivity index (χ1n) is 10.4. The van der Waals surface area contributed by atoms with Gasteiger partial charge >= 0.3 is 5.97 Å². The number of nitrogens with one attached hydrogen (secondary N) is 2. The van der Waals surface area contributed by atoms with Crippen molar-refractivity contribution in [2.24, 2.45) is 0 Å². The van der Waals surface area contributed by atoms with E-state index in [1.165, 1.54) is 11.8 Å². The van der Waals surface area contributed by atoms with E-state index in [1.807, 2.05) is 13.0 Å². The Kier molecular flexibility index (Phi) is 9.60. The molecule has 1 amide bonds. The highest BCUT2D eigenvalue weighted by atomic mass is 127. The van der Waals surface area contributed by atoms with E-state index in [2.05, 4.69) is 33.2 Å². The summed E-state index contributed by atoms with van der Waals surface area (Å²) in [6.07, 6.45) is 1.77. The fourth-order valence-electron chi connectivity index (χ4n) is 3.06. The Hall–Kier alpha value is -2.31. The molecule has 1 heterocycles. The molecule has 1 fully saturated rings. The van der Waals surface area contributed by atoms with E-state index < -0.39 is 11.5 Å². The molecule has 2 aromatic rings. The van der Waals surface area contributed by atoms with Gasteiger partial charge in [-0.25, -0.2) is 4.79 Å². The first kappa shape index (κ1) is 26.3. The number of ether oxygens (including phenoxy) is 4. The van der Waals surface area contributed by atoms with Gasteiger partial charge in [-0.05, 0) is 78.4 Å². The van der Waals surface area contributed by atoms with Gasteiger partial charge in [0.05, 0.1) is 34.5 Å². The zero-order valence-electron chi connectivity index (χ0n) is 18.8. The summed E-state index contributed by atoms with van der Waals surface area (Å²) in [7, 11) is 1.57. The number of esters is 1. The first-order valence-corrected chi connectivity index (χ1v) is 12.7. The predicted molar refractivity (Wildman–Crippen MR) is 142 cm³/mol. The number of thioether (sulfide) groups is 1. The SMILES string of the molecule is CCOC(=O)COc1c(I)cc(/C=C2\SC(Nc3cc(Cl)ccc3OC)NC2=O)cc1OCC. The molecule has 1 aliphatic rings. The Morgan fingerprint density at radius 1 is 1.21 bits per heavy atom. The van der Waals surface area contributed by atoms with Gasteiger partial charge in [0.25, 0.3) is 5.91 Å². The van der Waals surface area contributed by atoms with Crippen LogP contribution in [-0.2, 0) is 14.3 Å². The normalized spacial score (nSPS) is 16.2. The van der Waals surface area contributed by atoms with E-state index in [0.717, 1.165) is 9.13 Å². The Balaban J connectivity index is 1.78. The number of amides is 1. The van der Waals surface area contributed by atoms with Crippen molar-refractivity contribution in [2.75, 3.05) is 32.2 Å². The van der Waals surface area contributed by atoms with Crippen LogP contribution in [-0.4, -0.2) is 44.3 Å². The van der Waals surface area contributed by atoms with Crippen molar-refractivity contribution < 1.29 is 28.5 Å². The van der Waals surface area contributed by atoms with Crippen LogP contribution >= 0.6 is 46.0 Å². The van der Waals surface area contributed by atoms with E-state index in [1.54, 1.807) is 44.4 Å². The number of benzene rings is 2. The molecule has 0 bridgehead atoms. The zero-order chi connectivity index (χ0) is 24.7. The van der Waals surface area contributed by atoms with Crippen molar-refractivity contribution in [3.63, 3.8) is 0 Å². The highest BCUT2D eigenvalue weighted by Gasteiger charge is 2.28. The predicted octanol–water partition coefficient (Wildman–Crippen LogP) is 4.89. The summed E-state index contributed by atoms with van der Waals surface area (Å²) in [5.41, 5.74) is 1.03. The maximum atomic E-state index is 12.6. The van der Waals surface area contributed by atoms with Crippen molar-refractivity contribution in [3.05, 3.63) is 49.4 Å². The van der Waals surface area contributed by atoms with Gasteiger partial charge in [-0.1, -0.05) is 23.4 Å². The quantitative estimate of drug-likeness (QED) is 0.221. The van der Waals surface area contributed by atoms with Gasteiger partial charge in [0, 0.05) is 5.02 Å². The number of methoxy groups -OCH3 is 1. The summed E-state index contributed by atoms with van der Waals surface area (Å²) in [6, 6.07) is 8.85. The minimum Gasteiger partial charge on any atom is -0.495 e. The minimum atomic E-state index is -0.458. The summed E-state index contributed by atoms with van der Waals surface area (Å²) < 4.78 is 22.4. The fourth-order valence-corrected chi connectivity index (χ4v) is 4.99. The summed E-state index contributed by atoms with van der Waals surface area (Å²) in [4.78, 5) is 24.8. The lowest BCUT2D eigenvalue weighted by Gasteiger charge is -2.16. The van der Waals surface area contributed by atoms with Gasteiger partial charge in [0.1, 0.15) is 5.75 Å². The molecular formula is C23H24ClIN2O6S. The number of carbonyl (C=O) groups excluding carboxylic acids is 2. The van der Waals surface area contributed by atoms with Crippen LogP contribution in [0.1, 0.15) is 19.4 Å². The van der Waals surface area contributed by atoms with E-state index in [-0.39, 0.29) is 19.1 Å². The maximum absolute atomic E-state index is 12.6. The second-order valence-electron chi connectivity index (χ2n) is 6.83. The molecule has 11 heteroatoms. The first-order chi connectivity index (χ1) is 16.3. The van der Waals surface area contributed by atoms with Crippen LogP contribution in [0.5, 0.6) is 17.2 Å². The van der Waals surface area contributed by atoms with Crippen LogP contribution in [0.3, 0.4) is 0 Å². The standard InChI is InChI=1S/C23H24ClIN2O6S/c1-4-31-18-9-13(8-15(25)21(18)33-12-20(28)32-5-2)10-19-22(29)27-23(34-19)26-16-11-14(24)6-7-17(16)30-3/h6-11,23,26H,4-5,12H2,1-3H3,(H,27,29)/b19-10-. The minimum absolute atomic E-state index is 0.209. The van der Waals surface area contributed by atoms with Crippen LogP contribution in [0.4, 0.5) is 5.69 Å². The highest BCUT2D eigenvalue weighted by Crippen LogP contribution is 2.38. The molecule has 1 aliphatic heterocycles. The van der Waals surface area contributed by atoms with Crippen LogP contribution in [0, 0.1) is 3.57 Å². The molecule has 0 aliphatic carbocycles. The molecule has 2 N–H and O–H groups in total. The molecule has 34 heavy (non-hydrogen) atoms. The molecule has 182 valence electrons. The number of hydrogen-bond donors (Lipinski definition) is 2. The highest BCUT2D eigenvalue weighted by molar-refractivity contribution is 14.1.